The summed E-state index contributed by atoms with van der Waals surface area (Å²) in [4.78, 5) is 30.1. The van der Waals surface area contributed by atoms with Crippen LogP contribution in [0.3, 0.4) is 0 Å². The number of nitrogens with zero attached hydrogens (tertiary/aromatic N) is 2. The molecule has 13 heteroatoms. The highest BCUT2D eigenvalue weighted by Gasteiger charge is 2.36. The van der Waals surface area contributed by atoms with Gasteiger partial charge in [-0.25, -0.2) is 8.42 Å². The molecular weight excluding hydrogens is 713 g/mol. The number of sulfonamides is 1. The van der Waals surface area contributed by atoms with E-state index in [-0.39, 0.29) is 35.3 Å². The van der Waals surface area contributed by atoms with Crippen LogP contribution in [-0.2, 0) is 32.6 Å². The van der Waals surface area contributed by atoms with Crippen LogP contribution >= 0.6 is 23.2 Å². The Morgan fingerprint density at radius 2 is 1.49 bits per heavy atom. The molecule has 0 aliphatic heterocycles. The summed E-state index contributed by atoms with van der Waals surface area (Å²) in [5.74, 6) is -0.0184. The quantitative estimate of drug-likeness (QED) is 0.122. The third-order valence-corrected chi connectivity index (χ3v) is 10.8. The average Bonchev–Trinajstić information content (AvgIpc) is 3.13. The van der Waals surface area contributed by atoms with Crippen molar-refractivity contribution in [2.75, 3.05) is 31.7 Å². The third kappa shape index (κ3) is 9.87. The first-order valence-electron chi connectivity index (χ1n) is 16.5. The first-order valence-corrected chi connectivity index (χ1v) is 18.7. The summed E-state index contributed by atoms with van der Waals surface area (Å²) < 4.78 is 46.3. The molecule has 2 amide bonds. The van der Waals surface area contributed by atoms with Gasteiger partial charge in [0.15, 0.2) is 11.5 Å². The molecule has 0 saturated carbocycles. The predicted molar refractivity (Wildman–Crippen MR) is 201 cm³/mol. The van der Waals surface area contributed by atoms with Gasteiger partial charge in [0.25, 0.3) is 10.0 Å². The first-order chi connectivity index (χ1) is 24.4. The Kier molecular flexibility index (Phi) is 14.0. The Bertz CT molecular complexity index is 1870. The molecule has 0 spiro atoms. The van der Waals surface area contributed by atoms with E-state index in [4.69, 9.17) is 37.4 Å². The van der Waals surface area contributed by atoms with E-state index in [1.807, 2.05) is 51.1 Å². The van der Waals surface area contributed by atoms with Crippen molar-refractivity contribution in [1.82, 2.24) is 10.2 Å². The maximum Gasteiger partial charge on any atom is 0.264 e. The van der Waals surface area contributed by atoms with E-state index in [1.165, 1.54) is 37.3 Å². The van der Waals surface area contributed by atoms with Crippen molar-refractivity contribution >= 4 is 50.7 Å². The fourth-order valence-electron chi connectivity index (χ4n) is 5.36. The summed E-state index contributed by atoms with van der Waals surface area (Å²) in [6.45, 7) is 5.22. The molecule has 0 fully saturated rings. The zero-order valence-corrected chi connectivity index (χ0v) is 31.6. The van der Waals surface area contributed by atoms with E-state index in [9.17, 15) is 18.0 Å². The van der Waals surface area contributed by atoms with Crippen LogP contribution in [0.5, 0.6) is 17.2 Å². The lowest BCUT2D eigenvalue weighted by Crippen LogP contribution is -2.54. The Labute approximate surface area is 310 Å². The van der Waals surface area contributed by atoms with Crippen LogP contribution in [0.15, 0.2) is 95.9 Å². The normalized spacial score (nSPS) is 12.4. The highest BCUT2D eigenvalue weighted by atomic mass is 35.5. The van der Waals surface area contributed by atoms with E-state index in [0.717, 1.165) is 9.87 Å². The SMILES string of the molecule is CCOc1ccc(N(CC(=O)N(Cc2c(Cl)cccc2Cl)[C@@H](Cc2ccccc2)C(=O)N[C@@H](C)CC)S(=O)(=O)c2ccc(OC)c(OC)c2)cc1. The van der Waals surface area contributed by atoms with Gasteiger partial charge in [-0.3, -0.25) is 13.9 Å². The van der Waals surface area contributed by atoms with Crippen molar-refractivity contribution in [3.05, 3.63) is 112 Å². The van der Waals surface area contributed by atoms with Crippen LogP contribution in [-0.4, -0.2) is 64.6 Å². The van der Waals surface area contributed by atoms with Crippen LogP contribution in [0, 0.1) is 0 Å². The Hall–Kier alpha value is -4.45. The van der Waals surface area contributed by atoms with Crippen molar-refractivity contribution < 1.29 is 32.2 Å². The standard InChI is InChI=1S/C38H43Cl2N3O7S/c1-6-26(3)41-38(45)34(22-27-12-9-8-10-13-27)42(24-31-32(39)14-11-15-33(31)40)37(44)25-43(28-16-18-29(19-17-28)50-7-2)51(46,47)30-20-21-35(48-4)36(23-30)49-5/h8-21,23,26,34H,6-7,22,24-25H2,1-5H3,(H,41,45)/t26-,34-/m0/s1. The van der Waals surface area contributed by atoms with Gasteiger partial charge in [-0.15, -0.1) is 0 Å². The number of halogens is 2. The van der Waals surface area contributed by atoms with Crippen molar-refractivity contribution in [3.63, 3.8) is 0 Å². The number of ether oxygens (including phenoxy) is 3. The second-order valence-corrected chi connectivity index (χ2v) is 14.4. The third-order valence-electron chi connectivity index (χ3n) is 8.32. The highest BCUT2D eigenvalue weighted by Crippen LogP contribution is 2.33. The average molecular weight is 757 g/mol. The van der Waals surface area contributed by atoms with Gasteiger partial charge in [-0.05, 0) is 74.4 Å². The van der Waals surface area contributed by atoms with Crippen LogP contribution in [0.25, 0.3) is 0 Å². The molecule has 272 valence electrons. The molecular formula is C38H43Cl2N3O7S. The molecule has 10 nitrogen and oxygen atoms in total. The zero-order chi connectivity index (χ0) is 37.1. The Morgan fingerprint density at radius 1 is 0.843 bits per heavy atom. The van der Waals surface area contributed by atoms with Gasteiger partial charge in [0, 0.05) is 40.7 Å². The minimum absolute atomic E-state index is 0.141. The minimum atomic E-state index is -4.43. The molecule has 4 aromatic rings. The molecule has 0 radical (unpaired) electrons. The summed E-state index contributed by atoms with van der Waals surface area (Å²) in [6.07, 6.45) is 0.797. The number of anilines is 1. The van der Waals surface area contributed by atoms with Gasteiger partial charge in [0.05, 0.1) is 31.4 Å². The summed E-state index contributed by atoms with van der Waals surface area (Å²) in [7, 11) is -1.58. The second-order valence-electron chi connectivity index (χ2n) is 11.7. The van der Waals surface area contributed by atoms with E-state index in [1.54, 1.807) is 42.5 Å². The summed E-state index contributed by atoms with van der Waals surface area (Å²) in [5.41, 5.74) is 1.41. The molecule has 0 aliphatic rings. The first kappa shape index (κ1) is 39.3. The fraction of sp³-hybridized carbons (Fsp3) is 0.316. The molecule has 51 heavy (non-hydrogen) atoms. The number of hydrogen-bond acceptors (Lipinski definition) is 7. The van der Waals surface area contributed by atoms with Crippen molar-refractivity contribution in [2.45, 2.75) is 57.1 Å². The van der Waals surface area contributed by atoms with Crippen LogP contribution < -0.4 is 23.8 Å². The number of carbonyl (C=O) groups excluding carboxylic acids is 2. The van der Waals surface area contributed by atoms with Gasteiger partial charge < -0.3 is 24.4 Å². The fourth-order valence-corrected chi connectivity index (χ4v) is 7.30. The largest absolute Gasteiger partial charge is 0.494 e. The van der Waals surface area contributed by atoms with Crippen LogP contribution in [0.2, 0.25) is 10.0 Å². The number of carbonyl (C=O) groups is 2. The Morgan fingerprint density at radius 3 is 2.08 bits per heavy atom. The second kappa shape index (κ2) is 18.2. The predicted octanol–water partition coefficient (Wildman–Crippen LogP) is 7.16. The van der Waals surface area contributed by atoms with Gasteiger partial charge >= 0.3 is 0 Å². The molecule has 4 rings (SSSR count). The van der Waals surface area contributed by atoms with E-state index in [0.29, 0.717) is 40.1 Å². The minimum Gasteiger partial charge on any atom is -0.494 e. The Balaban J connectivity index is 1.87. The van der Waals surface area contributed by atoms with E-state index >= 15 is 0 Å². The lowest BCUT2D eigenvalue weighted by atomic mass is 10.0. The number of benzene rings is 4. The maximum absolute atomic E-state index is 14.8. The highest BCUT2D eigenvalue weighted by molar-refractivity contribution is 7.92. The molecule has 0 heterocycles. The summed E-state index contributed by atoms with van der Waals surface area (Å²) >= 11 is 13.2. The van der Waals surface area contributed by atoms with Crippen molar-refractivity contribution in [3.8, 4) is 17.2 Å². The van der Waals surface area contributed by atoms with Crippen LogP contribution in [0.1, 0.15) is 38.3 Å². The van der Waals surface area contributed by atoms with Crippen molar-refractivity contribution in [2.24, 2.45) is 0 Å². The number of rotatable bonds is 17. The zero-order valence-electron chi connectivity index (χ0n) is 29.3. The number of nitrogens with one attached hydrogen (secondary N) is 1. The van der Waals surface area contributed by atoms with Gasteiger partial charge in [-0.1, -0.05) is 66.5 Å². The number of methoxy groups -OCH3 is 2. The lowest BCUT2D eigenvalue weighted by Gasteiger charge is -2.34. The molecule has 4 aromatic carbocycles. The van der Waals surface area contributed by atoms with Crippen LogP contribution in [0.4, 0.5) is 5.69 Å². The lowest BCUT2D eigenvalue weighted by molar-refractivity contribution is -0.140. The number of amides is 2. The molecule has 2 atom stereocenters. The maximum atomic E-state index is 14.8. The monoisotopic (exact) mass is 755 g/mol. The topological polar surface area (TPSA) is 114 Å². The van der Waals surface area contributed by atoms with Gasteiger partial charge in [0.2, 0.25) is 11.8 Å². The van der Waals surface area contributed by atoms with E-state index in [2.05, 4.69) is 5.32 Å². The summed E-state index contributed by atoms with van der Waals surface area (Å²) in [5, 5.41) is 3.60. The van der Waals surface area contributed by atoms with Gasteiger partial charge in [-0.2, -0.15) is 0 Å². The molecule has 0 bridgehead atoms. The summed E-state index contributed by atoms with van der Waals surface area (Å²) in [6, 6.07) is 23.5. The molecule has 0 aliphatic carbocycles. The molecule has 0 saturated heterocycles. The van der Waals surface area contributed by atoms with Gasteiger partial charge in [0.1, 0.15) is 18.3 Å². The number of hydrogen-bond donors (Lipinski definition) is 1. The molecule has 0 unspecified atom stereocenters. The van der Waals surface area contributed by atoms with E-state index < -0.39 is 34.4 Å². The molecule has 0 aromatic heterocycles. The molecule has 1 N–H and O–H groups in total. The van der Waals surface area contributed by atoms with Crippen molar-refractivity contribution in [1.29, 1.82) is 0 Å². The smallest absolute Gasteiger partial charge is 0.264 e.